The third kappa shape index (κ3) is 4.58. The van der Waals surface area contributed by atoms with E-state index in [4.69, 9.17) is 16.0 Å². The number of nitrogens with one attached hydrogen (secondary N) is 1. The van der Waals surface area contributed by atoms with Gasteiger partial charge in [0.1, 0.15) is 17.3 Å². The molecule has 0 fully saturated rings. The van der Waals surface area contributed by atoms with Crippen LogP contribution < -0.4 is 5.43 Å². The largest absolute Gasteiger partial charge is 0.455 e. The van der Waals surface area contributed by atoms with Crippen molar-refractivity contribution in [1.82, 2.24) is 10.4 Å². The van der Waals surface area contributed by atoms with E-state index in [2.05, 4.69) is 15.5 Å². The van der Waals surface area contributed by atoms with Gasteiger partial charge in [0, 0.05) is 21.5 Å². The maximum atomic E-state index is 13.3. The first kappa shape index (κ1) is 21.6. The molecule has 1 amide bonds. The standard InChI is InChI=1S/C27H17ClFN3O2/c28-19-5-3-4-18(14-19)26-13-12-21(34-26)16-30-32-27(33)23-15-25(17-8-10-20(29)11-9-17)31-24-7-2-1-6-22(23)24/h1-16H,(H,32,33). The van der Waals surface area contributed by atoms with Crippen molar-refractivity contribution in [2.45, 2.75) is 0 Å². The quantitative estimate of drug-likeness (QED) is 0.229. The minimum Gasteiger partial charge on any atom is -0.455 e. The number of hydrazone groups is 1. The second kappa shape index (κ2) is 9.29. The first-order chi connectivity index (χ1) is 16.6. The predicted octanol–water partition coefficient (Wildman–Crippen LogP) is 6.72. The van der Waals surface area contributed by atoms with Gasteiger partial charge in [-0.05, 0) is 60.7 Å². The predicted molar refractivity (Wildman–Crippen MR) is 131 cm³/mol. The van der Waals surface area contributed by atoms with Crippen LogP contribution in [0.4, 0.5) is 4.39 Å². The van der Waals surface area contributed by atoms with Crippen LogP contribution in [-0.4, -0.2) is 17.1 Å². The zero-order valence-corrected chi connectivity index (χ0v) is 18.5. The highest BCUT2D eigenvalue weighted by molar-refractivity contribution is 6.30. The number of fused-ring (bicyclic) bond motifs is 1. The van der Waals surface area contributed by atoms with Crippen molar-refractivity contribution in [2.24, 2.45) is 5.10 Å². The van der Waals surface area contributed by atoms with E-state index < -0.39 is 5.91 Å². The van der Waals surface area contributed by atoms with Crippen LogP contribution in [-0.2, 0) is 0 Å². The summed E-state index contributed by atoms with van der Waals surface area (Å²) >= 11 is 6.04. The molecule has 166 valence electrons. The zero-order valence-electron chi connectivity index (χ0n) is 17.7. The Balaban J connectivity index is 1.39. The van der Waals surface area contributed by atoms with Gasteiger partial charge in [0.25, 0.3) is 5.91 Å². The molecule has 0 aliphatic rings. The van der Waals surface area contributed by atoms with Crippen molar-refractivity contribution in [1.29, 1.82) is 0 Å². The summed E-state index contributed by atoms with van der Waals surface area (Å²) in [6, 6.07) is 25.8. The molecule has 3 aromatic carbocycles. The number of carbonyl (C=O) groups is 1. The summed E-state index contributed by atoms with van der Waals surface area (Å²) in [7, 11) is 0. The molecule has 0 aliphatic carbocycles. The summed E-state index contributed by atoms with van der Waals surface area (Å²) in [5.74, 6) is 0.370. The molecule has 1 N–H and O–H groups in total. The van der Waals surface area contributed by atoms with Gasteiger partial charge in [-0.2, -0.15) is 5.10 Å². The monoisotopic (exact) mass is 469 g/mol. The Hall–Kier alpha value is -4.29. The smallest absolute Gasteiger partial charge is 0.272 e. The minimum absolute atomic E-state index is 0.340. The second-order valence-electron chi connectivity index (χ2n) is 7.49. The van der Waals surface area contributed by atoms with Crippen molar-refractivity contribution in [3.8, 4) is 22.6 Å². The summed E-state index contributed by atoms with van der Waals surface area (Å²) < 4.78 is 19.1. The fourth-order valence-corrected chi connectivity index (χ4v) is 3.76. The fraction of sp³-hybridized carbons (Fsp3) is 0. The number of carbonyl (C=O) groups excluding carboxylic acids is 1. The first-order valence-corrected chi connectivity index (χ1v) is 10.8. The summed E-state index contributed by atoms with van der Waals surface area (Å²) in [5.41, 5.74) is 5.70. The van der Waals surface area contributed by atoms with Gasteiger partial charge in [-0.1, -0.05) is 41.9 Å². The van der Waals surface area contributed by atoms with Gasteiger partial charge in [-0.25, -0.2) is 14.8 Å². The number of rotatable bonds is 5. The Labute approximate surface area is 199 Å². The lowest BCUT2D eigenvalue weighted by molar-refractivity contribution is 0.0956. The maximum Gasteiger partial charge on any atom is 0.272 e. The van der Waals surface area contributed by atoms with E-state index >= 15 is 0 Å². The topological polar surface area (TPSA) is 67.5 Å². The highest BCUT2D eigenvalue weighted by Gasteiger charge is 2.14. The van der Waals surface area contributed by atoms with Gasteiger partial charge in [-0.15, -0.1) is 0 Å². The van der Waals surface area contributed by atoms with Crippen LogP contribution >= 0.6 is 11.6 Å². The summed E-state index contributed by atoms with van der Waals surface area (Å²) in [6.45, 7) is 0. The molecule has 2 heterocycles. The number of aromatic nitrogens is 1. The van der Waals surface area contributed by atoms with Crippen LogP contribution in [0.2, 0.25) is 5.02 Å². The molecule has 0 spiro atoms. The molecule has 5 nitrogen and oxygen atoms in total. The SMILES string of the molecule is O=C(NN=Cc1ccc(-c2cccc(Cl)c2)o1)c1cc(-c2ccc(F)cc2)nc2ccccc12. The summed E-state index contributed by atoms with van der Waals surface area (Å²) in [6.07, 6.45) is 1.43. The number of para-hydroxylation sites is 1. The Morgan fingerprint density at radius 3 is 2.59 bits per heavy atom. The maximum absolute atomic E-state index is 13.3. The average molecular weight is 470 g/mol. The Morgan fingerprint density at radius 1 is 0.941 bits per heavy atom. The fourth-order valence-electron chi connectivity index (χ4n) is 3.57. The Morgan fingerprint density at radius 2 is 1.76 bits per heavy atom. The van der Waals surface area contributed by atoms with Crippen molar-refractivity contribution in [3.63, 3.8) is 0 Å². The molecule has 0 saturated carbocycles. The van der Waals surface area contributed by atoms with Gasteiger partial charge in [0.2, 0.25) is 0 Å². The molecule has 0 saturated heterocycles. The molecule has 7 heteroatoms. The average Bonchev–Trinajstić information content (AvgIpc) is 3.33. The Bertz CT molecular complexity index is 1530. The summed E-state index contributed by atoms with van der Waals surface area (Å²) in [4.78, 5) is 17.6. The van der Waals surface area contributed by atoms with E-state index in [1.807, 2.05) is 36.4 Å². The van der Waals surface area contributed by atoms with Gasteiger partial charge in [0.05, 0.1) is 23.0 Å². The molecular weight excluding hydrogens is 453 g/mol. The minimum atomic E-state index is -0.403. The normalized spacial score (nSPS) is 11.2. The van der Waals surface area contributed by atoms with Crippen LogP contribution in [0.3, 0.4) is 0 Å². The van der Waals surface area contributed by atoms with E-state index in [0.717, 1.165) is 5.56 Å². The van der Waals surface area contributed by atoms with Crippen molar-refractivity contribution in [2.75, 3.05) is 0 Å². The zero-order chi connectivity index (χ0) is 23.5. The Kier molecular flexibility index (Phi) is 5.89. The number of pyridine rings is 1. The van der Waals surface area contributed by atoms with Gasteiger partial charge in [-0.3, -0.25) is 4.79 Å². The number of halogens is 2. The summed E-state index contributed by atoms with van der Waals surface area (Å²) in [5, 5.41) is 5.34. The highest BCUT2D eigenvalue weighted by atomic mass is 35.5. The van der Waals surface area contributed by atoms with E-state index in [1.165, 1.54) is 18.3 Å². The number of hydrogen-bond donors (Lipinski definition) is 1. The lowest BCUT2D eigenvalue weighted by Crippen LogP contribution is -2.18. The second-order valence-corrected chi connectivity index (χ2v) is 7.93. The van der Waals surface area contributed by atoms with E-state index in [0.29, 0.717) is 44.3 Å². The molecule has 0 unspecified atom stereocenters. The number of hydrogen-bond acceptors (Lipinski definition) is 4. The third-order valence-electron chi connectivity index (χ3n) is 5.19. The van der Waals surface area contributed by atoms with Gasteiger partial charge >= 0.3 is 0 Å². The van der Waals surface area contributed by atoms with Crippen LogP contribution in [0.25, 0.3) is 33.5 Å². The van der Waals surface area contributed by atoms with Crippen LogP contribution in [0.5, 0.6) is 0 Å². The number of amides is 1. The number of nitrogens with zero attached hydrogens (tertiary/aromatic N) is 2. The van der Waals surface area contributed by atoms with E-state index in [1.54, 1.807) is 42.5 Å². The number of furan rings is 1. The molecule has 2 aromatic heterocycles. The molecule has 5 rings (SSSR count). The van der Waals surface area contributed by atoms with Crippen LogP contribution in [0, 0.1) is 5.82 Å². The first-order valence-electron chi connectivity index (χ1n) is 10.4. The highest BCUT2D eigenvalue weighted by Crippen LogP contribution is 2.26. The van der Waals surface area contributed by atoms with Crippen molar-refractivity contribution >= 4 is 34.6 Å². The molecule has 0 aliphatic heterocycles. The molecule has 34 heavy (non-hydrogen) atoms. The molecule has 0 bridgehead atoms. The van der Waals surface area contributed by atoms with E-state index in [-0.39, 0.29) is 5.82 Å². The molecule has 0 radical (unpaired) electrons. The molecular formula is C27H17ClFN3O2. The number of benzene rings is 3. The lowest BCUT2D eigenvalue weighted by Gasteiger charge is -2.09. The van der Waals surface area contributed by atoms with E-state index in [9.17, 15) is 9.18 Å². The lowest BCUT2D eigenvalue weighted by atomic mass is 10.0. The third-order valence-corrected chi connectivity index (χ3v) is 5.43. The van der Waals surface area contributed by atoms with Crippen LogP contribution in [0.15, 0.2) is 101 Å². The van der Waals surface area contributed by atoms with Crippen LogP contribution in [0.1, 0.15) is 16.1 Å². The molecule has 0 atom stereocenters. The van der Waals surface area contributed by atoms with Gasteiger partial charge < -0.3 is 4.42 Å². The van der Waals surface area contributed by atoms with Crippen molar-refractivity contribution < 1.29 is 13.6 Å². The molecule has 5 aromatic rings. The van der Waals surface area contributed by atoms with Crippen molar-refractivity contribution in [3.05, 3.63) is 113 Å². The van der Waals surface area contributed by atoms with Gasteiger partial charge in [0.15, 0.2) is 0 Å².